The molecule has 0 bridgehead atoms. The number of esters is 1. The van der Waals surface area contributed by atoms with Crippen molar-refractivity contribution in [3.8, 4) is 0 Å². The molecule has 0 aromatic heterocycles. The van der Waals surface area contributed by atoms with Crippen LogP contribution in [-0.4, -0.2) is 26.2 Å². The van der Waals surface area contributed by atoms with Gasteiger partial charge in [0.2, 0.25) is 0 Å². The second kappa shape index (κ2) is 5.12. The zero-order chi connectivity index (χ0) is 12.3. The molecule has 0 aromatic rings. The first kappa shape index (κ1) is 14.6. The summed E-state index contributed by atoms with van der Waals surface area (Å²) in [5.41, 5.74) is 0. The first-order valence-electron chi connectivity index (χ1n) is 5.39. The van der Waals surface area contributed by atoms with E-state index in [1.165, 1.54) is 7.11 Å². The van der Waals surface area contributed by atoms with Gasteiger partial charge in [0.1, 0.15) is 0 Å². The van der Waals surface area contributed by atoms with Gasteiger partial charge in [0.15, 0.2) is 8.32 Å². The van der Waals surface area contributed by atoms with Crippen LogP contribution in [-0.2, 0) is 9.53 Å². The minimum Gasteiger partial charge on any atom is -0.469 e. The lowest BCUT2D eigenvalue weighted by Gasteiger charge is -2.36. The Morgan fingerprint density at radius 1 is 1.47 bits per heavy atom. The Kier molecular flexibility index (Phi) is 5.00. The van der Waals surface area contributed by atoms with Crippen molar-refractivity contribution < 1.29 is 14.3 Å². The van der Waals surface area contributed by atoms with Crippen LogP contribution < -0.4 is 0 Å². The summed E-state index contributed by atoms with van der Waals surface area (Å²) in [6, 6.07) is 0. The smallest absolute Gasteiger partial charge is 0.305 e. The molecule has 15 heavy (non-hydrogen) atoms. The highest BCUT2D eigenvalue weighted by molar-refractivity contribution is 6.72. The highest BCUT2D eigenvalue weighted by Crippen LogP contribution is 2.41. The number of carbonyl (C=O) groups excluding carboxylic acids is 1. The van der Waals surface area contributed by atoms with Crippen LogP contribution in [0.1, 0.15) is 33.6 Å². The molecule has 90 valence electrons. The Labute approximate surface area is 94.0 Å². The number of methoxy groups -OCH3 is 1. The van der Waals surface area contributed by atoms with Crippen LogP contribution in [0.4, 0.5) is 0 Å². The first-order valence-corrected chi connectivity index (χ1v) is 8.34. The average molecular weight is 232 g/mol. The Hall–Kier alpha value is -0.353. The summed E-state index contributed by atoms with van der Waals surface area (Å²) in [6.07, 6.45) is 1.29. The van der Waals surface area contributed by atoms with Crippen LogP contribution in [0.2, 0.25) is 18.1 Å². The third-order valence-electron chi connectivity index (χ3n) is 3.26. The van der Waals surface area contributed by atoms with Crippen molar-refractivity contribution in [1.82, 2.24) is 0 Å². The van der Waals surface area contributed by atoms with Gasteiger partial charge in [0.25, 0.3) is 0 Å². The third kappa shape index (κ3) is 4.80. The first-order chi connectivity index (χ1) is 6.60. The van der Waals surface area contributed by atoms with Crippen LogP contribution >= 0.6 is 0 Å². The van der Waals surface area contributed by atoms with E-state index >= 15 is 0 Å². The van der Waals surface area contributed by atoms with Crippen LogP contribution in [0.25, 0.3) is 0 Å². The van der Waals surface area contributed by atoms with Crippen molar-refractivity contribution in [1.29, 1.82) is 0 Å². The van der Waals surface area contributed by atoms with Crippen LogP contribution in [0, 0.1) is 5.92 Å². The van der Waals surface area contributed by atoms with Gasteiger partial charge in [-0.05, 0) is 30.5 Å². The lowest BCUT2D eigenvalue weighted by molar-refractivity contribution is -0.141. The summed E-state index contributed by atoms with van der Waals surface area (Å²) >= 11 is 0. The van der Waals surface area contributed by atoms with E-state index in [9.17, 15) is 9.59 Å². The van der Waals surface area contributed by atoms with E-state index in [1.807, 2.05) is 20.0 Å². The van der Waals surface area contributed by atoms with Crippen molar-refractivity contribution in [3.05, 3.63) is 0 Å². The van der Waals surface area contributed by atoms with Gasteiger partial charge in [0, 0.05) is 6.42 Å². The molecule has 1 unspecified atom stereocenters. The highest BCUT2D eigenvalue weighted by atomic mass is 28.4. The topological polar surface area (TPSA) is 46.5 Å². The van der Waals surface area contributed by atoms with E-state index in [2.05, 4.69) is 18.6 Å². The molecule has 0 amide bonds. The second-order valence-electron chi connectivity index (χ2n) is 5.53. The van der Waals surface area contributed by atoms with Gasteiger partial charge in [-0.2, -0.15) is 0 Å². The Balaban J connectivity index is 4.28. The minimum absolute atomic E-state index is 0.0690. The van der Waals surface area contributed by atoms with Gasteiger partial charge in [-0.1, -0.05) is 20.8 Å². The zero-order valence-corrected chi connectivity index (χ0v) is 11.8. The molecule has 0 spiro atoms. The van der Waals surface area contributed by atoms with Crippen LogP contribution in [0.3, 0.4) is 0 Å². The van der Waals surface area contributed by atoms with Crippen molar-refractivity contribution in [2.75, 3.05) is 7.11 Å². The summed E-state index contributed by atoms with van der Waals surface area (Å²) in [7, 11) is -0.753. The van der Waals surface area contributed by atoms with E-state index in [0.29, 0.717) is 6.42 Å². The predicted octanol–water partition coefficient (Wildman–Crippen LogP) is 2.55. The van der Waals surface area contributed by atoms with Crippen molar-refractivity contribution >= 4 is 14.3 Å². The third-order valence-corrected chi connectivity index (χ3v) is 6.77. The molecule has 0 aliphatic heterocycles. The maximum Gasteiger partial charge on any atom is 0.305 e. The van der Waals surface area contributed by atoms with E-state index < -0.39 is 8.32 Å². The predicted molar refractivity (Wildman–Crippen MR) is 64.2 cm³/mol. The number of carbonyl (C=O) groups is 1. The van der Waals surface area contributed by atoms with E-state index in [-0.39, 0.29) is 16.9 Å². The molecule has 1 N–H and O–H groups in total. The monoisotopic (exact) mass is 232 g/mol. The number of hydrogen-bond donors (Lipinski definition) is 1. The van der Waals surface area contributed by atoms with E-state index in [4.69, 9.17) is 0 Å². The Bertz CT molecular complexity index is 218. The molecule has 0 rings (SSSR count). The SMILES string of the molecule is COC(=O)CC(C)CC(C)(C)[Si](C)(C)O. The summed E-state index contributed by atoms with van der Waals surface area (Å²) in [4.78, 5) is 21.2. The molecule has 0 aromatic carbocycles. The highest BCUT2D eigenvalue weighted by Gasteiger charge is 2.39. The maximum absolute atomic E-state index is 11.1. The molecule has 1 atom stereocenters. The molecule has 0 fully saturated rings. The van der Waals surface area contributed by atoms with Gasteiger partial charge in [-0.25, -0.2) is 0 Å². The van der Waals surface area contributed by atoms with Gasteiger partial charge in [-0.3, -0.25) is 4.79 Å². The lowest BCUT2D eigenvalue weighted by atomic mass is 9.95. The van der Waals surface area contributed by atoms with Gasteiger partial charge in [-0.15, -0.1) is 0 Å². The fraction of sp³-hybridized carbons (Fsp3) is 0.909. The molecule has 0 heterocycles. The summed E-state index contributed by atoms with van der Waals surface area (Å²) in [5, 5.41) is -0.0690. The number of ether oxygens (including phenoxy) is 1. The van der Waals surface area contributed by atoms with Crippen molar-refractivity contribution in [3.63, 3.8) is 0 Å². The molecule has 0 radical (unpaired) electrons. The molecule has 0 aliphatic carbocycles. The molecule has 0 saturated heterocycles. The van der Waals surface area contributed by atoms with Crippen LogP contribution in [0.5, 0.6) is 0 Å². The maximum atomic E-state index is 11.1. The second-order valence-corrected chi connectivity index (χ2v) is 10.0. The molecule has 0 saturated carbocycles. The molecular formula is C11H24O3Si. The molecule has 0 aliphatic rings. The summed E-state index contributed by atoms with van der Waals surface area (Å²) in [5.74, 6) is 0.0853. The number of hydrogen-bond acceptors (Lipinski definition) is 3. The minimum atomic E-state index is -2.16. The van der Waals surface area contributed by atoms with Crippen molar-refractivity contribution in [2.45, 2.75) is 51.7 Å². The molecule has 3 nitrogen and oxygen atoms in total. The zero-order valence-electron chi connectivity index (χ0n) is 10.8. The quantitative estimate of drug-likeness (QED) is 0.585. The van der Waals surface area contributed by atoms with Gasteiger partial charge < -0.3 is 9.53 Å². The number of rotatable bonds is 5. The van der Waals surface area contributed by atoms with E-state index in [1.54, 1.807) is 0 Å². The molecule has 4 heteroatoms. The van der Waals surface area contributed by atoms with Gasteiger partial charge in [0.05, 0.1) is 7.11 Å². The summed E-state index contributed by atoms with van der Waals surface area (Å²) < 4.78 is 4.63. The fourth-order valence-electron chi connectivity index (χ4n) is 1.56. The Morgan fingerprint density at radius 3 is 2.27 bits per heavy atom. The van der Waals surface area contributed by atoms with Crippen molar-refractivity contribution in [2.24, 2.45) is 5.92 Å². The van der Waals surface area contributed by atoms with Crippen LogP contribution in [0.15, 0.2) is 0 Å². The standard InChI is InChI=1S/C11H24O3Si/c1-9(7-10(12)14-4)8-11(2,3)15(5,6)13/h9,13H,7-8H2,1-6H3. The molecular weight excluding hydrogens is 208 g/mol. The lowest BCUT2D eigenvalue weighted by Crippen LogP contribution is -2.40. The normalized spacial score (nSPS) is 14.9. The van der Waals surface area contributed by atoms with Gasteiger partial charge >= 0.3 is 5.97 Å². The average Bonchev–Trinajstić information content (AvgIpc) is 2.00. The largest absolute Gasteiger partial charge is 0.469 e. The van der Waals surface area contributed by atoms with E-state index in [0.717, 1.165) is 6.42 Å². The fourth-order valence-corrected chi connectivity index (χ4v) is 2.41. The Morgan fingerprint density at radius 2 is 1.93 bits per heavy atom. The summed E-state index contributed by atoms with van der Waals surface area (Å²) in [6.45, 7) is 10.1.